The fraction of sp³-hybridized carbons (Fsp3) is 0.659. The van der Waals surface area contributed by atoms with Crippen molar-refractivity contribution in [2.24, 2.45) is 5.41 Å². The SMILES string of the molecule is C/C=C(/O)CN(CCN(CCC)CC(=O)O)CC(Cc1ccc(NC(=S)NCC(=O)NCC(=O)NCCCCCN(C)C(=O)C(C)(CC)CC=O)cc1)N(CCCC)CC(=O)O. The third kappa shape index (κ3) is 23.5. The van der Waals surface area contributed by atoms with Crippen molar-refractivity contribution in [2.75, 3.05) is 90.9 Å². The number of hydrogen-bond acceptors (Lipinski definition) is 11. The van der Waals surface area contributed by atoms with Crippen LogP contribution in [0.3, 0.4) is 0 Å². The van der Waals surface area contributed by atoms with Crippen molar-refractivity contribution < 1.29 is 44.1 Å². The molecule has 0 aromatic heterocycles. The molecule has 17 nitrogen and oxygen atoms in total. The first-order valence-electron chi connectivity index (χ1n) is 21.8. The average molecular weight is 891 g/mol. The maximum atomic E-state index is 12.7. The first-order chi connectivity index (χ1) is 29.5. The number of carbonyl (C=O) groups is 6. The number of rotatable bonds is 34. The van der Waals surface area contributed by atoms with Crippen LogP contribution in [0, 0.1) is 5.41 Å². The molecule has 1 aromatic rings. The molecule has 350 valence electrons. The number of unbranched alkanes of at least 4 members (excludes halogenated alkanes) is 3. The van der Waals surface area contributed by atoms with Crippen molar-refractivity contribution >= 4 is 59.0 Å². The highest BCUT2D eigenvalue weighted by molar-refractivity contribution is 7.80. The van der Waals surface area contributed by atoms with E-state index in [0.29, 0.717) is 70.8 Å². The van der Waals surface area contributed by atoms with Crippen LogP contribution < -0.4 is 21.3 Å². The van der Waals surface area contributed by atoms with Crippen molar-refractivity contribution in [1.82, 2.24) is 35.6 Å². The monoisotopic (exact) mass is 891 g/mol. The van der Waals surface area contributed by atoms with Gasteiger partial charge in [0.2, 0.25) is 17.7 Å². The van der Waals surface area contributed by atoms with Gasteiger partial charge in [-0.05, 0) is 101 Å². The minimum absolute atomic E-state index is 0.0461. The molecule has 0 fully saturated rings. The van der Waals surface area contributed by atoms with Crippen LogP contribution in [0.2, 0.25) is 0 Å². The summed E-state index contributed by atoms with van der Waals surface area (Å²) in [6.45, 7) is 12.7. The second-order valence-corrected chi connectivity index (χ2v) is 16.4. The maximum absolute atomic E-state index is 12.7. The predicted molar refractivity (Wildman–Crippen MR) is 246 cm³/mol. The zero-order valence-corrected chi connectivity index (χ0v) is 38.7. The second kappa shape index (κ2) is 31.2. The van der Waals surface area contributed by atoms with E-state index in [1.807, 2.05) is 59.7 Å². The molecule has 0 saturated heterocycles. The topological polar surface area (TPSA) is 224 Å². The fourth-order valence-corrected chi connectivity index (χ4v) is 6.98. The molecular formula is C44H74N8O9S. The van der Waals surface area contributed by atoms with E-state index in [0.717, 1.165) is 44.0 Å². The molecule has 3 amide bonds. The van der Waals surface area contributed by atoms with Gasteiger partial charge >= 0.3 is 11.9 Å². The molecule has 0 aliphatic heterocycles. The quantitative estimate of drug-likeness (QED) is 0.0228. The van der Waals surface area contributed by atoms with Crippen molar-refractivity contribution in [3.05, 3.63) is 41.7 Å². The zero-order chi connectivity index (χ0) is 46.5. The maximum Gasteiger partial charge on any atom is 0.317 e. The highest BCUT2D eigenvalue weighted by Crippen LogP contribution is 2.27. The minimum Gasteiger partial charge on any atom is -0.511 e. The number of carboxylic acids is 2. The van der Waals surface area contributed by atoms with Crippen LogP contribution in [0.25, 0.3) is 0 Å². The van der Waals surface area contributed by atoms with Gasteiger partial charge in [-0.15, -0.1) is 0 Å². The second-order valence-electron chi connectivity index (χ2n) is 16.0. The number of aldehydes is 1. The number of nitrogens with one attached hydrogen (secondary N) is 4. The molecule has 2 atom stereocenters. The number of aliphatic carboxylic acids is 2. The molecule has 1 aromatic carbocycles. The van der Waals surface area contributed by atoms with E-state index in [9.17, 15) is 44.1 Å². The number of carbonyl (C=O) groups excluding carboxylic acids is 4. The van der Waals surface area contributed by atoms with E-state index in [2.05, 4.69) is 21.3 Å². The summed E-state index contributed by atoms with van der Waals surface area (Å²) in [7, 11) is 1.74. The molecule has 18 heteroatoms. The largest absolute Gasteiger partial charge is 0.511 e. The molecular weight excluding hydrogens is 817 g/mol. The number of thiocarbonyl (C=S) groups is 1. The number of allylic oxidation sites excluding steroid dienone is 1. The van der Waals surface area contributed by atoms with Crippen LogP contribution in [0.5, 0.6) is 0 Å². The number of hydrogen-bond donors (Lipinski definition) is 7. The Labute approximate surface area is 374 Å². The molecule has 0 bridgehead atoms. The van der Waals surface area contributed by atoms with Crippen LogP contribution in [0.15, 0.2) is 36.1 Å². The Morgan fingerprint density at radius 1 is 0.774 bits per heavy atom. The van der Waals surface area contributed by atoms with Gasteiger partial charge in [-0.3, -0.25) is 38.7 Å². The number of aliphatic hydroxyl groups excluding tert-OH is 1. The van der Waals surface area contributed by atoms with Crippen LogP contribution in [-0.4, -0.2) is 168 Å². The molecule has 2 unspecified atom stereocenters. The van der Waals surface area contributed by atoms with E-state index in [-0.39, 0.29) is 67.9 Å². The highest BCUT2D eigenvalue weighted by atomic mass is 32.1. The minimum atomic E-state index is -0.936. The summed E-state index contributed by atoms with van der Waals surface area (Å²) in [6.07, 6.45) is 8.44. The van der Waals surface area contributed by atoms with E-state index in [1.165, 1.54) is 0 Å². The van der Waals surface area contributed by atoms with Gasteiger partial charge in [-0.2, -0.15) is 0 Å². The molecule has 0 aliphatic carbocycles. The predicted octanol–water partition coefficient (Wildman–Crippen LogP) is 3.50. The summed E-state index contributed by atoms with van der Waals surface area (Å²) in [6, 6.07) is 7.28. The van der Waals surface area contributed by atoms with Crippen LogP contribution >= 0.6 is 12.2 Å². The van der Waals surface area contributed by atoms with Gasteiger partial charge < -0.3 is 46.3 Å². The van der Waals surface area contributed by atoms with Crippen molar-refractivity contribution in [2.45, 2.75) is 98.4 Å². The lowest BCUT2D eigenvalue weighted by Crippen LogP contribution is -2.49. The fourth-order valence-electron chi connectivity index (χ4n) is 6.79. The number of benzene rings is 1. The third-order valence-electron chi connectivity index (χ3n) is 10.7. The van der Waals surface area contributed by atoms with Crippen molar-refractivity contribution in [3.63, 3.8) is 0 Å². The lowest BCUT2D eigenvalue weighted by molar-refractivity contribution is -0.142. The Morgan fingerprint density at radius 2 is 1.42 bits per heavy atom. The molecule has 0 saturated carbocycles. The van der Waals surface area contributed by atoms with Gasteiger partial charge in [0.1, 0.15) is 12.0 Å². The normalized spacial score (nSPS) is 13.0. The Hall–Kier alpha value is -4.65. The molecule has 0 spiro atoms. The first-order valence-corrected chi connectivity index (χ1v) is 22.2. The summed E-state index contributed by atoms with van der Waals surface area (Å²) in [4.78, 5) is 79.5. The number of aliphatic hydroxyl groups is 1. The Kier molecular flexibility index (Phi) is 27.9. The van der Waals surface area contributed by atoms with E-state index >= 15 is 0 Å². The molecule has 7 N–H and O–H groups in total. The van der Waals surface area contributed by atoms with Crippen molar-refractivity contribution in [3.8, 4) is 0 Å². The molecule has 0 heterocycles. The number of anilines is 1. The summed E-state index contributed by atoms with van der Waals surface area (Å²) >= 11 is 5.39. The summed E-state index contributed by atoms with van der Waals surface area (Å²) in [5.74, 6) is -2.46. The lowest BCUT2D eigenvalue weighted by atomic mass is 9.83. The number of carboxylic acid groups (broad SMARTS) is 2. The smallest absolute Gasteiger partial charge is 0.317 e. The van der Waals surface area contributed by atoms with Crippen LogP contribution in [0.1, 0.15) is 91.5 Å². The number of nitrogens with zero attached hydrogens (tertiary/aromatic N) is 4. The summed E-state index contributed by atoms with van der Waals surface area (Å²) in [5, 5.41) is 41.2. The average Bonchev–Trinajstić information content (AvgIpc) is 3.23. The Bertz CT molecular complexity index is 1580. The van der Waals surface area contributed by atoms with Gasteiger partial charge in [-0.1, -0.05) is 46.2 Å². The Morgan fingerprint density at radius 3 is 2.02 bits per heavy atom. The van der Waals surface area contributed by atoms with E-state index in [1.54, 1.807) is 31.9 Å². The van der Waals surface area contributed by atoms with Crippen molar-refractivity contribution in [1.29, 1.82) is 0 Å². The van der Waals surface area contributed by atoms with Gasteiger partial charge in [0.05, 0.1) is 38.1 Å². The van der Waals surface area contributed by atoms with Crippen LogP contribution in [0.4, 0.5) is 5.69 Å². The Balaban J connectivity index is 2.74. The molecule has 0 radical (unpaired) electrons. The summed E-state index contributed by atoms with van der Waals surface area (Å²) < 4.78 is 0. The highest BCUT2D eigenvalue weighted by Gasteiger charge is 2.33. The van der Waals surface area contributed by atoms with Gasteiger partial charge in [-0.25, -0.2) is 0 Å². The lowest BCUT2D eigenvalue weighted by Gasteiger charge is -2.36. The zero-order valence-electron chi connectivity index (χ0n) is 37.9. The molecule has 1 rings (SSSR count). The van der Waals surface area contributed by atoms with Gasteiger partial charge in [0.25, 0.3) is 0 Å². The number of amides is 3. The van der Waals surface area contributed by atoms with Crippen LogP contribution in [-0.2, 0) is 35.2 Å². The van der Waals surface area contributed by atoms with E-state index in [4.69, 9.17) is 12.2 Å². The van der Waals surface area contributed by atoms with E-state index < -0.39 is 23.3 Å². The molecule has 0 aliphatic rings. The van der Waals surface area contributed by atoms with Gasteiger partial charge in [0.15, 0.2) is 5.11 Å². The summed E-state index contributed by atoms with van der Waals surface area (Å²) in [5.41, 5.74) is 0.926. The third-order valence-corrected chi connectivity index (χ3v) is 10.9. The standard InChI is InChI=1S/C44H74N8O9S/c1-7-11-23-52(33-41(59)60)36(30-51(31-37(54)9-3)25-24-50(21-8-2)32-40(57)58)27-34-15-17-35(18-16-34)48-43(62)47-29-39(56)46-28-38(55)45-20-13-12-14-22-49(6)42(61)44(5,10-4)19-26-53/h9,15-18,26,36,54H,7-8,10-14,19-25,27-33H2,1-6H3,(H,45,55)(H,46,56)(H,57,58)(H,59,60)(H2,47,48,62)/b37-9+. The first kappa shape index (κ1) is 55.4. The van der Waals surface area contributed by atoms with Gasteiger partial charge in [0, 0.05) is 57.9 Å². The molecule has 62 heavy (non-hydrogen) atoms.